The molecular formula is C14H25N2O4+. The number of nitrogens with zero attached hydrogens (tertiary/aromatic N) is 1. The molecule has 0 aliphatic heterocycles. The Morgan fingerprint density at radius 1 is 1.45 bits per heavy atom. The fourth-order valence-corrected chi connectivity index (χ4v) is 1.76. The Labute approximate surface area is 120 Å². The number of anilines is 1. The summed E-state index contributed by atoms with van der Waals surface area (Å²) < 4.78 is 18.0. The van der Waals surface area contributed by atoms with Crippen LogP contribution >= 0.6 is 0 Å². The summed E-state index contributed by atoms with van der Waals surface area (Å²) in [7, 11) is 1.64. The molecule has 0 fully saturated rings. The van der Waals surface area contributed by atoms with Crippen molar-refractivity contribution in [3.8, 4) is 0 Å². The van der Waals surface area contributed by atoms with Gasteiger partial charge in [-0.2, -0.15) is 0 Å². The Balaban J connectivity index is 2.78. The molecule has 0 unspecified atom stereocenters. The van der Waals surface area contributed by atoms with Crippen molar-refractivity contribution in [2.24, 2.45) is 0 Å². The molecule has 1 aromatic heterocycles. The highest BCUT2D eigenvalue weighted by atomic mass is 16.5. The summed E-state index contributed by atoms with van der Waals surface area (Å²) in [4.78, 5) is 11.2. The van der Waals surface area contributed by atoms with E-state index in [4.69, 9.17) is 14.0 Å². The van der Waals surface area contributed by atoms with Gasteiger partial charge in [-0.3, -0.25) is 0 Å². The van der Waals surface area contributed by atoms with Gasteiger partial charge < -0.3 is 14.0 Å². The van der Waals surface area contributed by atoms with Crippen LogP contribution in [0.1, 0.15) is 33.5 Å². The Morgan fingerprint density at radius 3 is 2.70 bits per heavy atom. The highest BCUT2D eigenvalue weighted by molar-refractivity contribution is 5.86. The van der Waals surface area contributed by atoms with Crippen LogP contribution in [0.5, 0.6) is 0 Å². The number of aryl methyl sites for hydroxylation is 1. The van der Waals surface area contributed by atoms with Gasteiger partial charge in [0.1, 0.15) is 6.54 Å². The average Bonchev–Trinajstić information content (AvgIpc) is 2.77. The topological polar surface area (TPSA) is 64.6 Å². The minimum absolute atomic E-state index is 0.117. The average molecular weight is 285 g/mol. The first-order valence-electron chi connectivity index (χ1n) is 6.79. The van der Waals surface area contributed by atoms with Crippen molar-refractivity contribution in [2.45, 2.75) is 39.7 Å². The molecular weight excluding hydrogens is 260 g/mol. The van der Waals surface area contributed by atoms with E-state index in [1.807, 2.05) is 26.8 Å². The zero-order valence-electron chi connectivity index (χ0n) is 13.0. The van der Waals surface area contributed by atoms with Gasteiger partial charge in [-0.15, -0.1) is 0 Å². The minimum Gasteiger partial charge on any atom is -0.382 e. The molecule has 1 heterocycles. The maximum absolute atomic E-state index is 11.2. The number of carbonyl (C=O) groups is 1. The Hall–Kier alpha value is -1.40. The molecule has 114 valence electrons. The summed E-state index contributed by atoms with van der Waals surface area (Å²) in [5, 5.41) is 2.76. The molecule has 1 rings (SSSR count). The predicted octanol–water partition coefficient (Wildman–Crippen LogP) is 1.49. The van der Waals surface area contributed by atoms with Gasteiger partial charge in [0.15, 0.2) is 5.76 Å². The van der Waals surface area contributed by atoms with Gasteiger partial charge in [0, 0.05) is 14.0 Å². The summed E-state index contributed by atoms with van der Waals surface area (Å²) in [6, 6.07) is 1.85. The predicted molar refractivity (Wildman–Crippen MR) is 74.6 cm³/mol. The quantitative estimate of drug-likeness (QED) is 0.580. The van der Waals surface area contributed by atoms with Gasteiger partial charge in [-0.25, -0.2) is 10.1 Å². The molecule has 0 atom stereocenters. The summed E-state index contributed by atoms with van der Waals surface area (Å²) in [5.74, 6) is 1.33. The lowest BCUT2D eigenvalue weighted by atomic mass is 9.91. The third-order valence-corrected chi connectivity index (χ3v) is 2.90. The van der Waals surface area contributed by atoms with Crippen LogP contribution in [0, 0.1) is 0 Å². The monoisotopic (exact) mass is 285 g/mol. The lowest BCUT2D eigenvalue weighted by Gasteiger charge is -2.20. The van der Waals surface area contributed by atoms with Gasteiger partial charge in [0.25, 0.3) is 0 Å². The van der Waals surface area contributed by atoms with Crippen molar-refractivity contribution in [1.29, 1.82) is 0 Å². The second kappa shape index (κ2) is 7.40. The summed E-state index contributed by atoms with van der Waals surface area (Å²) >= 11 is 0. The number of hydrogen-bond acceptors (Lipinski definition) is 4. The van der Waals surface area contributed by atoms with Gasteiger partial charge in [-0.05, 0) is 6.92 Å². The van der Waals surface area contributed by atoms with E-state index < -0.39 is 0 Å². The lowest BCUT2D eigenvalue weighted by Crippen LogP contribution is -2.34. The Kier molecular flexibility index (Phi) is 6.16. The van der Waals surface area contributed by atoms with Crippen LogP contribution in [0.3, 0.4) is 0 Å². The van der Waals surface area contributed by atoms with E-state index in [0.717, 1.165) is 5.76 Å². The van der Waals surface area contributed by atoms with Gasteiger partial charge in [0.2, 0.25) is 0 Å². The third kappa shape index (κ3) is 4.61. The third-order valence-electron chi connectivity index (χ3n) is 2.90. The fraction of sp³-hybridized carbons (Fsp3) is 0.714. The first kappa shape index (κ1) is 16.7. The molecule has 0 bridgehead atoms. The van der Waals surface area contributed by atoms with Crippen LogP contribution in [0.15, 0.2) is 10.6 Å². The smallest absolute Gasteiger partial charge is 0.320 e. The number of amides is 1. The largest absolute Gasteiger partial charge is 0.382 e. The summed E-state index contributed by atoms with van der Waals surface area (Å²) in [5.41, 5.74) is -0.276. The minimum atomic E-state index is -0.276. The highest BCUT2D eigenvalue weighted by Gasteiger charge is 2.30. The van der Waals surface area contributed by atoms with Gasteiger partial charge in [0.05, 0.1) is 31.3 Å². The number of rotatable bonds is 8. The van der Waals surface area contributed by atoms with Crippen molar-refractivity contribution < 1.29 is 23.5 Å². The normalized spacial score (nSPS) is 11.7. The number of ether oxygens (including phenoxy) is 2. The molecule has 0 radical (unpaired) electrons. The fourth-order valence-electron chi connectivity index (χ4n) is 1.76. The maximum Gasteiger partial charge on any atom is 0.320 e. The molecule has 6 heteroatoms. The van der Waals surface area contributed by atoms with Crippen molar-refractivity contribution in [3.63, 3.8) is 0 Å². The van der Waals surface area contributed by atoms with Crippen molar-refractivity contribution in [1.82, 2.24) is 0 Å². The second-order valence-electron chi connectivity index (χ2n) is 5.29. The van der Waals surface area contributed by atoms with E-state index in [9.17, 15) is 4.79 Å². The van der Waals surface area contributed by atoms with Crippen molar-refractivity contribution >= 4 is 11.7 Å². The van der Waals surface area contributed by atoms with Crippen LogP contribution in [0.4, 0.5) is 5.82 Å². The molecule has 1 N–H and O–H groups in total. The number of methoxy groups -OCH3 is 1. The van der Waals surface area contributed by atoms with Crippen LogP contribution in [-0.4, -0.2) is 32.8 Å². The molecule has 1 aromatic rings. The van der Waals surface area contributed by atoms with Crippen LogP contribution in [-0.2, 0) is 26.2 Å². The Morgan fingerprint density at radius 2 is 2.15 bits per heavy atom. The molecule has 0 aromatic carbocycles. The number of hydrogen-bond donors (Lipinski definition) is 1. The molecule has 1 amide bonds. The summed E-state index contributed by atoms with van der Waals surface area (Å²) in [6.07, 6.45) is 0. The summed E-state index contributed by atoms with van der Waals surface area (Å²) in [6.45, 7) is 9.80. The highest BCUT2D eigenvalue weighted by Crippen LogP contribution is 2.25. The number of nitrogens with one attached hydrogen (secondary N) is 1. The van der Waals surface area contributed by atoms with E-state index in [1.165, 1.54) is 6.92 Å². The molecule has 0 aliphatic carbocycles. The van der Waals surface area contributed by atoms with E-state index in [0.29, 0.717) is 32.2 Å². The van der Waals surface area contributed by atoms with E-state index >= 15 is 0 Å². The molecule has 0 spiro atoms. The van der Waals surface area contributed by atoms with Gasteiger partial charge in [-0.1, -0.05) is 18.6 Å². The lowest BCUT2D eigenvalue weighted by molar-refractivity contribution is -0.851. The molecule has 0 saturated heterocycles. The van der Waals surface area contributed by atoms with Crippen molar-refractivity contribution in [3.05, 3.63) is 11.8 Å². The number of carbonyl (C=O) groups excluding carboxylic acids is 1. The van der Waals surface area contributed by atoms with Crippen LogP contribution in [0.25, 0.3) is 0 Å². The van der Waals surface area contributed by atoms with E-state index in [-0.39, 0.29) is 11.3 Å². The Bertz CT molecular complexity index is 440. The van der Waals surface area contributed by atoms with Crippen LogP contribution < -0.4 is 10.1 Å². The van der Waals surface area contributed by atoms with E-state index in [1.54, 1.807) is 11.8 Å². The zero-order chi connectivity index (χ0) is 15.2. The SMILES string of the molecule is CC[n+]1oc(C(C)(C)COCCOC)cc1NC(C)=O. The first-order valence-corrected chi connectivity index (χ1v) is 6.79. The van der Waals surface area contributed by atoms with Crippen LogP contribution in [0.2, 0.25) is 0 Å². The number of aromatic nitrogens is 1. The standard InChI is InChI=1S/C14H24N2O4/c1-6-16-13(15-11(2)17)9-12(20-16)14(3,4)10-19-8-7-18-5/h9H,6-8,10H2,1-5H3/p+1. The maximum atomic E-state index is 11.2. The molecule has 20 heavy (non-hydrogen) atoms. The molecule has 0 aliphatic rings. The van der Waals surface area contributed by atoms with Crippen molar-refractivity contribution in [2.75, 3.05) is 32.2 Å². The first-order chi connectivity index (χ1) is 9.40. The zero-order valence-corrected chi connectivity index (χ0v) is 13.0. The van der Waals surface area contributed by atoms with E-state index in [2.05, 4.69) is 5.32 Å². The molecule has 6 nitrogen and oxygen atoms in total. The van der Waals surface area contributed by atoms with Gasteiger partial charge >= 0.3 is 11.7 Å². The second-order valence-corrected chi connectivity index (χ2v) is 5.29. The molecule has 0 saturated carbocycles.